The number of rotatable bonds is 0. The third-order valence-electron chi connectivity index (χ3n) is 3.87. The molecule has 0 saturated heterocycles. The molecule has 1 nitrogen and oxygen atoms in total. The third-order valence-corrected chi connectivity index (χ3v) is 3.87. The van der Waals surface area contributed by atoms with E-state index >= 15 is 0 Å². The van der Waals surface area contributed by atoms with Crippen LogP contribution >= 0.6 is 0 Å². The number of aliphatic hydroxyl groups excluding tert-OH is 1. The molecule has 74 valence electrons. The van der Waals surface area contributed by atoms with Gasteiger partial charge < -0.3 is 5.11 Å². The van der Waals surface area contributed by atoms with Gasteiger partial charge in [-0.1, -0.05) is 6.07 Å². The summed E-state index contributed by atoms with van der Waals surface area (Å²) in [6, 6.07) is 2.27. The van der Waals surface area contributed by atoms with E-state index in [4.69, 9.17) is 0 Å². The number of aliphatic hydroxyl groups is 1. The molecule has 2 aliphatic carbocycles. The summed E-state index contributed by atoms with van der Waals surface area (Å²) in [4.78, 5) is 0. The molecular formula is C13H16O. The number of benzene rings is 1. The summed E-state index contributed by atoms with van der Waals surface area (Å²) < 4.78 is 0. The molecule has 1 atom stereocenters. The lowest BCUT2D eigenvalue weighted by atomic mass is 9.95. The molecule has 0 fully saturated rings. The molecule has 0 radical (unpaired) electrons. The monoisotopic (exact) mass is 188 g/mol. The van der Waals surface area contributed by atoms with Crippen LogP contribution in [-0.4, -0.2) is 5.11 Å². The highest BCUT2D eigenvalue weighted by Crippen LogP contribution is 2.38. The lowest BCUT2D eigenvalue weighted by Crippen LogP contribution is -1.97. The molecule has 0 heterocycles. The van der Waals surface area contributed by atoms with Gasteiger partial charge in [0.25, 0.3) is 0 Å². The van der Waals surface area contributed by atoms with E-state index in [0.29, 0.717) is 0 Å². The molecule has 2 aliphatic rings. The predicted molar refractivity (Wildman–Crippen MR) is 56.5 cm³/mol. The Bertz CT molecular complexity index is 393. The first-order valence-electron chi connectivity index (χ1n) is 5.59. The average molecular weight is 188 g/mol. The Balaban J connectivity index is 2.24. The maximum atomic E-state index is 9.84. The molecule has 0 amide bonds. The van der Waals surface area contributed by atoms with Crippen molar-refractivity contribution < 1.29 is 5.11 Å². The minimum absolute atomic E-state index is 0.186. The van der Waals surface area contributed by atoms with Crippen molar-refractivity contribution in [3.8, 4) is 0 Å². The fraction of sp³-hybridized carbons (Fsp3) is 0.538. The van der Waals surface area contributed by atoms with Gasteiger partial charge in [0.05, 0.1) is 6.10 Å². The van der Waals surface area contributed by atoms with Gasteiger partial charge in [-0.2, -0.15) is 0 Å². The Hall–Kier alpha value is -0.820. The minimum Gasteiger partial charge on any atom is -0.388 e. The molecule has 0 unspecified atom stereocenters. The quantitative estimate of drug-likeness (QED) is 0.663. The van der Waals surface area contributed by atoms with Crippen LogP contribution in [-0.2, 0) is 19.3 Å². The summed E-state index contributed by atoms with van der Waals surface area (Å²) in [5.74, 6) is 0. The van der Waals surface area contributed by atoms with Crippen LogP contribution in [0.2, 0.25) is 0 Å². The number of fused-ring (bicyclic) bond motifs is 2. The number of hydrogen-bond donors (Lipinski definition) is 1. The van der Waals surface area contributed by atoms with E-state index in [9.17, 15) is 5.11 Å². The van der Waals surface area contributed by atoms with E-state index in [1.807, 2.05) is 0 Å². The highest BCUT2D eigenvalue weighted by Gasteiger charge is 2.26. The second-order valence-electron chi connectivity index (χ2n) is 4.62. The second-order valence-corrected chi connectivity index (χ2v) is 4.62. The van der Waals surface area contributed by atoms with Gasteiger partial charge in [0, 0.05) is 0 Å². The minimum atomic E-state index is -0.186. The van der Waals surface area contributed by atoms with Crippen molar-refractivity contribution in [2.75, 3.05) is 0 Å². The molecule has 1 aromatic rings. The van der Waals surface area contributed by atoms with Crippen molar-refractivity contribution >= 4 is 0 Å². The van der Waals surface area contributed by atoms with Crippen molar-refractivity contribution in [3.63, 3.8) is 0 Å². The third kappa shape index (κ3) is 0.992. The van der Waals surface area contributed by atoms with E-state index in [2.05, 4.69) is 13.0 Å². The van der Waals surface area contributed by atoms with Gasteiger partial charge >= 0.3 is 0 Å². The number of hydrogen-bond acceptors (Lipinski definition) is 1. The Labute approximate surface area is 84.8 Å². The smallest absolute Gasteiger partial charge is 0.0796 e. The summed E-state index contributed by atoms with van der Waals surface area (Å²) in [5.41, 5.74) is 7.23. The van der Waals surface area contributed by atoms with Crippen LogP contribution in [0.4, 0.5) is 0 Å². The first kappa shape index (κ1) is 8.49. The Kier molecular flexibility index (Phi) is 1.72. The van der Waals surface area contributed by atoms with Crippen LogP contribution in [0.5, 0.6) is 0 Å². The molecule has 0 aliphatic heterocycles. The largest absolute Gasteiger partial charge is 0.388 e. The zero-order valence-electron chi connectivity index (χ0n) is 8.64. The van der Waals surface area contributed by atoms with Crippen molar-refractivity contribution in [2.24, 2.45) is 0 Å². The normalized spacial score (nSPS) is 23.7. The fourth-order valence-corrected chi connectivity index (χ4v) is 3.09. The summed E-state index contributed by atoms with van der Waals surface area (Å²) in [7, 11) is 0. The first-order valence-corrected chi connectivity index (χ1v) is 5.59. The van der Waals surface area contributed by atoms with Crippen LogP contribution < -0.4 is 0 Å². The van der Waals surface area contributed by atoms with Crippen molar-refractivity contribution in [1.82, 2.24) is 0 Å². The van der Waals surface area contributed by atoms with Gasteiger partial charge in [-0.15, -0.1) is 0 Å². The summed E-state index contributed by atoms with van der Waals surface area (Å²) in [5, 5.41) is 9.84. The fourth-order valence-electron chi connectivity index (χ4n) is 3.09. The molecule has 3 rings (SSSR count). The Morgan fingerprint density at radius 1 is 1.21 bits per heavy atom. The maximum absolute atomic E-state index is 9.84. The Morgan fingerprint density at radius 3 is 2.93 bits per heavy atom. The zero-order valence-corrected chi connectivity index (χ0v) is 8.64. The topological polar surface area (TPSA) is 20.2 Å². The standard InChI is InChI=1S/C13H16O/c1-8-10-4-2-3-9(10)7-12-11(8)5-6-13(12)14/h7,13-14H,2-6H2,1H3/t13-/m1/s1. The van der Waals surface area contributed by atoms with Crippen molar-refractivity contribution in [2.45, 2.75) is 45.1 Å². The number of aryl methyl sites for hydroxylation is 1. The molecule has 1 N–H and O–H groups in total. The maximum Gasteiger partial charge on any atom is 0.0796 e. The molecular weight excluding hydrogens is 172 g/mol. The van der Waals surface area contributed by atoms with Crippen LogP contribution in [0.1, 0.15) is 46.8 Å². The lowest BCUT2D eigenvalue weighted by molar-refractivity contribution is 0.180. The van der Waals surface area contributed by atoms with E-state index in [-0.39, 0.29) is 6.10 Å². The highest BCUT2D eigenvalue weighted by molar-refractivity contribution is 5.50. The summed E-state index contributed by atoms with van der Waals surface area (Å²) >= 11 is 0. The molecule has 0 bridgehead atoms. The molecule has 1 heteroatoms. The van der Waals surface area contributed by atoms with Crippen molar-refractivity contribution in [1.29, 1.82) is 0 Å². The van der Waals surface area contributed by atoms with Gasteiger partial charge in [0.2, 0.25) is 0 Å². The van der Waals surface area contributed by atoms with Crippen molar-refractivity contribution in [3.05, 3.63) is 33.9 Å². The highest BCUT2D eigenvalue weighted by atomic mass is 16.3. The van der Waals surface area contributed by atoms with E-state index in [0.717, 1.165) is 12.8 Å². The lowest BCUT2D eigenvalue weighted by Gasteiger charge is -2.12. The van der Waals surface area contributed by atoms with Gasteiger partial charge in [-0.3, -0.25) is 0 Å². The predicted octanol–water partition coefficient (Wildman–Crippen LogP) is 2.46. The van der Waals surface area contributed by atoms with Crippen LogP contribution in [0.15, 0.2) is 6.07 Å². The molecule has 0 aromatic heterocycles. The zero-order chi connectivity index (χ0) is 9.71. The van der Waals surface area contributed by atoms with E-state index in [1.165, 1.54) is 41.5 Å². The Morgan fingerprint density at radius 2 is 2.07 bits per heavy atom. The van der Waals surface area contributed by atoms with Crippen LogP contribution in [0.3, 0.4) is 0 Å². The van der Waals surface area contributed by atoms with Crippen LogP contribution in [0, 0.1) is 6.92 Å². The van der Waals surface area contributed by atoms with Crippen LogP contribution in [0.25, 0.3) is 0 Å². The van der Waals surface area contributed by atoms with Gasteiger partial charge in [0.15, 0.2) is 0 Å². The first-order chi connectivity index (χ1) is 6.77. The summed E-state index contributed by atoms with van der Waals surface area (Å²) in [6.07, 6.45) is 5.60. The molecule has 0 saturated carbocycles. The molecule has 14 heavy (non-hydrogen) atoms. The molecule has 0 spiro atoms. The SMILES string of the molecule is Cc1c2c(cc3c1CC[C@H]3O)CCC2. The van der Waals surface area contributed by atoms with Gasteiger partial charge in [-0.25, -0.2) is 0 Å². The average Bonchev–Trinajstić information content (AvgIpc) is 2.75. The second kappa shape index (κ2) is 2.83. The molecule has 1 aromatic carbocycles. The van der Waals surface area contributed by atoms with Gasteiger partial charge in [-0.05, 0) is 66.8 Å². The van der Waals surface area contributed by atoms with E-state index < -0.39 is 0 Å². The van der Waals surface area contributed by atoms with E-state index in [1.54, 1.807) is 5.56 Å². The van der Waals surface area contributed by atoms with Gasteiger partial charge in [0.1, 0.15) is 0 Å². The summed E-state index contributed by atoms with van der Waals surface area (Å²) in [6.45, 7) is 2.24.